The number of nitrogens with zero attached hydrogens (tertiary/aromatic N) is 1. The second-order valence-corrected chi connectivity index (χ2v) is 4.66. The normalized spacial score (nSPS) is 13.4. The Kier molecular flexibility index (Phi) is 4.18. The first-order valence-electron chi connectivity index (χ1n) is 6.61. The predicted molar refractivity (Wildman–Crippen MR) is 68.2 cm³/mol. The van der Waals surface area contributed by atoms with Crippen LogP contribution in [0.25, 0.3) is 0 Å². The lowest BCUT2D eigenvalue weighted by Crippen LogP contribution is -2.08. The number of aryl methyl sites for hydroxylation is 2. The van der Waals surface area contributed by atoms with E-state index < -0.39 is 5.97 Å². The van der Waals surface area contributed by atoms with E-state index in [0.717, 1.165) is 49.8 Å². The summed E-state index contributed by atoms with van der Waals surface area (Å²) >= 11 is 0. The highest BCUT2D eigenvalue weighted by Gasteiger charge is 2.20. The van der Waals surface area contributed by atoms with Gasteiger partial charge >= 0.3 is 5.97 Å². The van der Waals surface area contributed by atoms with Gasteiger partial charge in [0.05, 0.1) is 6.61 Å². The molecule has 1 heterocycles. The summed E-state index contributed by atoms with van der Waals surface area (Å²) < 4.78 is 5.53. The maximum Gasteiger partial charge on any atom is 0.341 e. The Morgan fingerprint density at radius 3 is 3.00 bits per heavy atom. The molecule has 1 N–H and O–H groups in total. The summed E-state index contributed by atoms with van der Waals surface area (Å²) in [5.41, 5.74) is 2.27. The number of carbonyl (C=O) groups is 1. The van der Waals surface area contributed by atoms with Gasteiger partial charge in [0, 0.05) is 5.69 Å². The van der Waals surface area contributed by atoms with Crippen molar-refractivity contribution < 1.29 is 14.6 Å². The largest absolute Gasteiger partial charge is 0.477 e. The number of fused-ring (bicyclic) bond motifs is 1. The second kappa shape index (κ2) is 5.85. The van der Waals surface area contributed by atoms with Crippen molar-refractivity contribution >= 4 is 5.97 Å². The van der Waals surface area contributed by atoms with Crippen LogP contribution in [0.1, 0.15) is 54.2 Å². The first kappa shape index (κ1) is 12.9. The summed E-state index contributed by atoms with van der Waals surface area (Å²) in [6, 6.07) is 1.73. The molecule has 0 bridgehead atoms. The van der Waals surface area contributed by atoms with E-state index in [-0.39, 0.29) is 5.56 Å². The highest BCUT2D eigenvalue weighted by molar-refractivity contribution is 5.90. The molecule has 0 fully saturated rings. The minimum atomic E-state index is -0.956. The van der Waals surface area contributed by atoms with Crippen LogP contribution in [0.5, 0.6) is 5.88 Å². The van der Waals surface area contributed by atoms with E-state index in [1.807, 2.05) is 0 Å². The number of hydrogen-bond donors (Lipinski definition) is 1. The Morgan fingerprint density at radius 2 is 2.28 bits per heavy atom. The van der Waals surface area contributed by atoms with E-state index in [9.17, 15) is 9.90 Å². The molecule has 0 saturated carbocycles. The molecule has 0 atom stereocenters. The molecule has 4 nitrogen and oxygen atoms in total. The number of rotatable bonds is 6. The second-order valence-electron chi connectivity index (χ2n) is 4.66. The SMILES string of the molecule is CCCCCOc1nc2c(cc1C(=O)O)CCC2. The van der Waals surface area contributed by atoms with Crippen LogP contribution in [0, 0.1) is 0 Å². The molecule has 0 aromatic carbocycles. The Morgan fingerprint density at radius 1 is 1.44 bits per heavy atom. The molecule has 4 heteroatoms. The quantitative estimate of drug-likeness (QED) is 0.787. The van der Waals surface area contributed by atoms with E-state index >= 15 is 0 Å². The fourth-order valence-corrected chi connectivity index (χ4v) is 2.24. The van der Waals surface area contributed by atoms with Crippen LogP contribution in [0.4, 0.5) is 0 Å². The Hall–Kier alpha value is -1.58. The van der Waals surface area contributed by atoms with Gasteiger partial charge in [-0.15, -0.1) is 0 Å². The molecule has 1 aromatic rings. The van der Waals surface area contributed by atoms with Gasteiger partial charge < -0.3 is 9.84 Å². The molecule has 0 amide bonds. The highest BCUT2D eigenvalue weighted by Crippen LogP contribution is 2.26. The predicted octanol–water partition coefficient (Wildman–Crippen LogP) is 2.84. The maximum absolute atomic E-state index is 11.2. The van der Waals surface area contributed by atoms with Gasteiger partial charge in [-0.25, -0.2) is 9.78 Å². The molecule has 0 saturated heterocycles. The lowest BCUT2D eigenvalue weighted by molar-refractivity contribution is 0.0691. The number of carboxylic acid groups (broad SMARTS) is 1. The minimum absolute atomic E-state index is 0.201. The molecule has 0 radical (unpaired) electrons. The lowest BCUT2D eigenvalue weighted by Gasteiger charge is -2.10. The topological polar surface area (TPSA) is 59.4 Å². The monoisotopic (exact) mass is 249 g/mol. The average molecular weight is 249 g/mol. The number of aromatic nitrogens is 1. The van der Waals surface area contributed by atoms with E-state index in [2.05, 4.69) is 11.9 Å². The fourth-order valence-electron chi connectivity index (χ4n) is 2.24. The number of pyridine rings is 1. The smallest absolute Gasteiger partial charge is 0.341 e. The van der Waals surface area contributed by atoms with Crippen LogP contribution < -0.4 is 4.74 Å². The van der Waals surface area contributed by atoms with Gasteiger partial charge in [-0.1, -0.05) is 19.8 Å². The first-order valence-corrected chi connectivity index (χ1v) is 6.61. The molecule has 1 aromatic heterocycles. The Balaban J connectivity index is 2.14. The van der Waals surface area contributed by atoms with Crippen molar-refractivity contribution in [3.8, 4) is 5.88 Å². The van der Waals surface area contributed by atoms with Crippen LogP contribution in [0.15, 0.2) is 6.07 Å². The third-order valence-electron chi connectivity index (χ3n) is 3.23. The molecule has 98 valence electrons. The van der Waals surface area contributed by atoms with Crippen molar-refractivity contribution in [3.05, 3.63) is 22.9 Å². The average Bonchev–Trinajstić information content (AvgIpc) is 2.80. The molecule has 18 heavy (non-hydrogen) atoms. The molecule has 0 aliphatic heterocycles. The molecular formula is C14H19NO3. The first-order chi connectivity index (χ1) is 8.72. The van der Waals surface area contributed by atoms with Crippen molar-refractivity contribution in [1.29, 1.82) is 0 Å². The van der Waals surface area contributed by atoms with Crippen LogP contribution in [-0.4, -0.2) is 22.7 Å². The van der Waals surface area contributed by atoms with Gasteiger partial charge in [-0.2, -0.15) is 0 Å². The maximum atomic E-state index is 11.2. The van der Waals surface area contributed by atoms with Crippen LogP contribution >= 0.6 is 0 Å². The summed E-state index contributed by atoms with van der Waals surface area (Å²) in [7, 11) is 0. The van der Waals surface area contributed by atoms with Crippen molar-refractivity contribution in [1.82, 2.24) is 4.98 Å². The Labute approximate surface area is 107 Å². The zero-order valence-electron chi connectivity index (χ0n) is 10.7. The van der Waals surface area contributed by atoms with E-state index in [0.29, 0.717) is 12.5 Å². The third-order valence-corrected chi connectivity index (χ3v) is 3.23. The van der Waals surface area contributed by atoms with Crippen LogP contribution in [-0.2, 0) is 12.8 Å². The zero-order chi connectivity index (χ0) is 13.0. The van der Waals surface area contributed by atoms with Gasteiger partial charge in [0.15, 0.2) is 0 Å². The molecule has 0 unspecified atom stereocenters. The summed E-state index contributed by atoms with van der Waals surface area (Å²) in [6.45, 7) is 2.66. The van der Waals surface area contributed by atoms with Crippen molar-refractivity contribution in [2.24, 2.45) is 0 Å². The van der Waals surface area contributed by atoms with E-state index in [1.54, 1.807) is 6.07 Å². The Bertz CT molecular complexity index is 443. The number of hydrogen-bond acceptors (Lipinski definition) is 3. The van der Waals surface area contributed by atoms with Gasteiger partial charge in [0.1, 0.15) is 5.56 Å². The van der Waals surface area contributed by atoms with Gasteiger partial charge in [0.2, 0.25) is 5.88 Å². The fraction of sp³-hybridized carbons (Fsp3) is 0.571. The number of aromatic carboxylic acids is 1. The molecular weight excluding hydrogens is 230 g/mol. The van der Waals surface area contributed by atoms with Crippen molar-refractivity contribution in [3.63, 3.8) is 0 Å². The van der Waals surface area contributed by atoms with Gasteiger partial charge in [-0.3, -0.25) is 0 Å². The molecule has 2 rings (SSSR count). The highest BCUT2D eigenvalue weighted by atomic mass is 16.5. The number of carboxylic acids is 1. The zero-order valence-corrected chi connectivity index (χ0v) is 10.7. The molecule has 1 aliphatic rings. The standard InChI is InChI=1S/C14H19NO3/c1-2-3-4-8-18-13-11(14(16)17)9-10-6-5-7-12(10)15-13/h9H,2-8H2,1H3,(H,16,17). The molecule has 0 spiro atoms. The number of unbranched alkanes of at least 4 members (excludes halogenated alkanes) is 2. The van der Waals surface area contributed by atoms with E-state index in [1.165, 1.54) is 0 Å². The number of ether oxygens (including phenoxy) is 1. The van der Waals surface area contributed by atoms with Gasteiger partial charge in [0.25, 0.3) is 0 Å². The third kappa shape index (κ3) is 2.81. The summed E-state index contributed by atoms with van der Waals surface area (Å²) in [6.07, 6.45) is 6.06. The molecule has 1 aliphatic carbocycles. The van der Waals surface area contributed by atoms with E-state index in [4.69, 9.17) is 4.74 Å². The summed E-state index contributed by atoms with van der Waals surface area (Å²) in [5, 5.41) is 9.18. The van der Waals surface area contributed by atoms with Crippen LogP contribution in [0.2, 0.25) is 0 Å². The van der Waals surface area contributed by atoms with Crippen molar-refractivity contribution in [2.75, 3.05) is 6.61 Å². The summed E-state index contributed by atoms with van der Waals surface area (Å²) in [4.78, 5) is 15.6. The lowest BCUT2D eigenvalue weighted by atomic mass is 10.1. The minimum Gasteiger partial charge on any atom is -0.477 e. The van der Waals surface area contributed by atoms with Crippen molar-refractivity contribution in [2.45, 2.75) is 45.4 Å². The van der Waals surface area contributed by atoms with Gasteiger partial charge in [-0.05, 0) is 37.3 Å². The summed E-state index contributed by atoms with van der Waals surface area (Å²) in [5.74, 6) is -0.665. The van der Waals surface area contributed by atoms with Crippen LogP contribution in [0.3, 0.4) is 0 Å².